The van der Waals surface area contributed by atoms with Gasteiger partial charge in [0.15, 0.2) is 0 Å². The van der Waals surface area contributed by atoms with Gasteiger partial charge >= 0.3 is 6.03 Å². The zero-order chi connectivity index (χ0) is 30.2. The Morgan fingerprint density at radius 1 is 1.00 bits per heavy atom. The lowest BCUT2D eigenvalue weighted by atomic mass is 9.89. The quantitative estimate of drug-likeness (QED) is 0.219. The van der Waals surface area contributed by atoms with Crippen molar-refractivity contribution in [1.29, 1.82) is 0 Å². The molecule has 0 radical (unpaired) electrons. The topological polar surface area (TPSA) is 94.7 Å². The molecule has 2 aliphatic rings. The molecule has 2 N–H and O–H groups in total. The minimum absolute atomic E-state index is 0.0358. The lowest BCUT2D eigenvalue weighted by molar-refractivity contribution is -0.120. The maximum Gasteiger partial charge on any atom is 0.332 e. The summed E-state index contributed by atoms with van der Waals surface area (Å²) < 4.78 is 5.52. The number of aromatic nitrogens is 1. The first kappa shape index (κ1) is 28.5. The number of fused-ring (bicyclic) bond motifs is 4. The summed E-state index contributed by atoms with van der Waals surface area (Å²) in [5.41, 5.74) is 4.31. The maximum atomic E-state index is 14.4. The average Bonchev–Trinajstić information content (AvgIpc) is 3.49. The molecule has 4 aromatic rings. The van der Waals surface area contributed by atoms with Crippen LogP contribution >= 0.6 is 0 Å². The molecular weight excluding hydrogens is 540 g/mol. The first-order chi connectivity index (χ1) is 20.8. The lowest BCUT2D eigenvalue weighted by Crippen LogP contribution is -2.44. The summed E-state index contributed by atoms with van der Waals surface area (Å²) >= 11 is 0. The number of benzene rings is 3. The Labute approximate surface area is 252 Å². The predicted octanol–water partition coefficient (Wildman–Crippen LogP) is 6.60. The molecule has 3 heterocycles. The van der Waals surface area contributed by atoms with Gasteiger partial charge in [-0.2, -0.15) is 0 Å². The van der Waals surface area contributed by atoms with Crippen molar-refractivity contribution >= 4 is 34.4 Å². The first-order valence-corrected chi connectivity index (χ1v) is 15.1. The van der Waals surface area contributed by atoms with Gasteiger partial charge in [0, 0.05) is 29.1 Å². The van der Waals surface area contributed by atoms with Crippen molar-refractivity contribution in [3.63, 3.8) is 0 Å². The highest BCUT2D eigenvalue weighted by atomic mass is 16.5. The molecule has 0 spiro atoms. The number of aromatic amines is 1. The zero-order valence-electron chi connectivity index (χ0n) is 25.1. The molecule has 4 amide bonds. The zero-order valence-corrected chi connectivity index (χ0v) is 25.1. The van der Waals surface area contributed by atoms with Gasteiger partial charge in [0.2, 0.25) is 0 Å². The Hall–Kier alpha value is -4.59. The van der Waals surface area contributed by atoms with Crippen LogP contribution in [-0.2, 0) is 11.2 Å². The number of carbonyl (C=O) groups excluding carboxylic acids is 3. The van der Waals surface area contributed by atoms with E-state index in [0.717, 1.165) is 47.0 Å². The van der Waals surface area contributed by atoms with Gasteiger partial charge in [0.05, 0.1) is 18.4 Å². The van der Waals surface area contributed by atoms with Crippen molar-refractivity contribution in [1.82, 2.24) is 15.2 Å². The fourth-order valence-electron chi connectivity index (χ4n) is 6.52. The van der Waals surface area contributed by atoms with Crippen LogP contribution in [0.25, 0.3) is 10.9 Å². The van der Waals surface area contributed by atoms with Crippen molar-refractivity contribution in [3.05, 3.63) is 95.2 Å². The highest BCUT2D eigenvalue weighted by molar-refractivity contribution is 6.24. The molecule has 0 aliphatic carbocycles. The van der Waals surface area contributed by atoms with E-state index in [-0.39, 0.29) is 17.9 Å². The van der Waals surface area contributed by atoms with Gasteiger partial charge in [-0.05, 0) is 60.7 Å². The summed E-state index contributed by atoms with van der Waals surface area (Å²) in [5, 5.41) is 4.12. The largest absolute Gasteiger partial charge is 0.497 e. The van der Waals surface area contributed by atoms with Crippen LogP contribution < -0.4 is 15.0 Å². The molecule has 0 bridgehead atoms. The normalized spacial score (nSPS) is 18.6. The van der Waals surface area contributed by atoms with Crippen LogP contribution in [0.1, 0.15) is 73.3 Å². The third-order valence-electron chi connectivity index (χ3n) is 8.64. The third-order valence-corrected chi connectivity index (χ3v) is 8.64. The minimum atomic E-state index is -0.721. The predicted molar refractivity (Wildman–Crippen MR) is 167 cm³/mol. The van der Waals surface area contributed by atoms with Crippen molar-refractivity contribution in [2.45, 2.75) is 64.6 Å². The average molecular weight is 579 g/mol. The Morgan fingerprint density at radius 2 is 1.77 bits per heavy atom. The van der Waals surface area contributed by atoms with E-state index in [1.54, 1.807) is 36.3 Å². The molecule has 8 heteroatoms. The fraction of sp³-hybridized carbons (Fsp3) is 0.343. The van der Waals surface area contributed by atoms with Gasteiger partial charge in [-0.3, -0.25) is 14.5 Å². The van der Waals surface area contributed by atoms with E-state index in [0.29, 0.717) is 29.3 Å². The monoisotopic (exact) mass is 578 g/mol. The second kappa shape index (κ2) is 11.6. The smallest absolute Gasteiger partial charge is 0.332 e. The molecule has 43 heavy (non-hydrogen) atoms. The van der Waals surface area contributed by atoms with Crippen molar-refractivity contribution in [2.75, 3.05) is 12.0 Å². The summed E-state index contributed by atoms with van der Waals surface area (Å²) in [4.78, 5) is 48.5. The summed E-state index contributed by atoms with van der Waals surface area (Å²) in [6, 6.07) is 20.7. The van der Waals surface area contributed by atoms with E-state index in [2.05, 4.69) is 24.1 Å². The number of nitrogens with zero attached hydrogens (tertiary/aromatic N) is 2. The summed E-state index contributed by atoms with van der Waals surface area (Å²) in [5.74, 6) is 0.643. The van der Waals surface area contributed by atoms with Crippen LogP contribution in [0.2, 0.25) is 0 Å². The van der Waals surface area contributed by atoms with Gasteiger partial charge in [0.25, 0.3) is 11.8 Å². The van der Waals surface area contributed by atoms with Crippen LogP contribution in [0.15, 0.2) is 72.8 Å². The van der Waals surface area contributed by atoms with Gasteiger partial charge < -0.3 is 15.0 Å². The number of nitrogens with one attached hydrogen (secondary N) is 2. The highest BCUT2D eigenvalue weighted by Gasteiger charge is 2.53. The van der Waals surface area contributed by atoms with Crippen molar-refractivity contribution in [2.24, 2.45) is 5.92 Å². The highest BCUT2D eigenvalue weighted by Crippen LogP contribution is 2.45. The SMILES string of the molecule is COc1cccc([C@@H]2c3[nH]c4ccccc4c3C[C@H]3C(=O)N(c4ccccc4C(=O)N[C@@H](C)CCCC(C)C)C(=O)N23)c1. The number of hydrogen-bond donors (Lipinski definition) is 2. The number of H-pyrrole nitrogens is 1. The molecule has 222 valence electrons. The number of carbonyl (C=O) groups is 3. The molecule has 6 rings (SSSR count). The number of para-hydroxylation sites is 2. The molecule has 1 fully saturated rings. The molecular formula is C35H38N4O4. The molecule has 8 nitrogen and oxygen atoms in total. The fourth-order valence-corrected chi connectivity index (χ4v) is 6.52. The number of ether oxygens (including phenoxy) is 1. The number of hydrogen-bond acceptors (Lipinski definition) is 4. The maximum absolute atomic E-state index is 14.4. The van der Waals surface area contributed by atoms with Gasteiger partial charge in [0.1, 0.15) is 17.8 Å². The Kier molecular flexibility index (Phi) is 7.69. The summed E-state index contributed by atoms with van der Waals surface area (Å²) in [7, 11) is 1.61. The van der Waals surface area contributed by atoms with E-state index >= 15 is 0 Å². The first-order valence-electron chi connectivity index (χ1n) is 15.1. The molecule has 3 aromatic carbocycles. The number of amides is 4. The lowest BCUT2D eigenvalue weighted by Gasteiger charge is -2.36. The van der Waals surface area contributed by atoms with Crippen LogP contribution in [0, 0.1) is 5.92 Å². The number of anilines is 1. The van der Waals surface area contributed by atoms with Crippen molar-refractivity contribution in [3.8, 4) is 5.75 Å². The van der Waals surface area contributed by atoms with Crippen LogP contribution in [0.4, 0.5) is 10.5 Å². The molecule has 1 saturated heterocycles. The van der Waals surface area contributed by atoms with Crippen LogP contribution in [-0.4, -0.2) is 46.9 Å². The Morgan fingerprint density at radius 3 is 2.56 bits per heavy atom. The van der Waals surface area contributed by atoms with Gasteiger partial charge in [-0.1, -0.05) is 69.2 Å². The summed E-state index contributed by atoms with van der Waals surface area (Å²) in [6.45, 7) is 6.37. The van der Waals surface area contributed by atoms with Crippen molar-refractivity contribution < 1.29 is 19.1 Å². The van der Waals surface area contributed by atoms with E-state index in [1.165, 1.54) is 4.90 Å². The number of rotatable bonds is 9. The third kappa shape index (κ3) is 5.15. The molecule has 3 atom stereocenters. The second-order valence-corrected chi connectivity index (χ2v) is 12.0. The minimum Gasteiger partial charge on any atom is -0.497 e. The molecule has 1 aromatic heterocycles. The van der Waals surface area contributed by atoms with Crippen LogP contribution in [0.5, 0.6) is 5.75 Å². The molecule has 0 saturated carbocycles. The molecule has 2 aliphatic heterocycles. The number of urea groups is 1. The van der Waals surface area contributed by atoms with E-state index in [4.69, 9.17) is 4.74 Å². The second-order valence-electron chi connectivity index (χ2n) is 12.0. The van der Waals surface area contributed by atoms with Crippen LogP contribution in [0.3, 0.4) is 0 Å². The number of methoxy groups -OCH3 is 1. The molecule has 0 unspecified atom stereocenters. The standard InChI is InChI=1S/C35H38N4O4/c1-21(2)11-9-12-22(3)36-33(40)26-16-6-8-18-29(26)39-34(41)30-20-27-25-15-5-7-17-28(25)37-31(27)32(38(30)35(39)42)23-13-10-14-24(19-23)43-4/h5-8,10,13-19,21-22,30,32,37H,9,11-12,20H2,1-4H3,(H,36,40)/t22-,30-,32+/m0/s1. The number of imide groups is 1. The summed E-state index contributed by atoms with van der Waals surface area (Å²) in [6.07, 6.45) is 3.34. The van der Waals surface area contributed by atoms with E-state index in [9.17, 15) is 14.4 Å². The van der Waals surface area contributed by atoms with E-state index in [1.807, 2.05) is 55.5 Å². The van der Waals surface area contributed by atoms with Gasteiger partial charge in [-0.15, -0.1) is 0 Å². The Balaban J connectivity index is 1.37. The van der Waals surface area contributed by atoms with Gasteiger partial charge in [-0.25, -0.2) is 9.69 Å². The van der Waals surface area contributed by atoms with E-state index < -0.39 is 18.1 Å². The Bertz CT molecular complexity index is 1690.